The van der Waals surface area contributed by atoms with E-state index in [4.69, 9.17) is 0 Å². The van der Waals surface area contributed by atoms with Crippen LogP contribution >= 0.6 is 0 Å². The molecule has 1 aromatic carbocycles. The van der Waals surface area contributed by atoms with Crippen molar-refractivity contribution in [3.05, 3.63) is 35.4 Å². The summed E-state index contributed by atoms with van der Waals surface area (Å²) in [7, 11) is -1.21. The molecule has 4 heteroatoms. The highest BCUT2D eigenvalue weighted by molar-refractivity contribution is 7.91. The van der Waals surface area contributed by atoms with Gasteiger partial charge in [0.15, 0.2) is 9.84 Å². The third-order valence-corrected chi connectivity index (χ3v) is 5.40. The van der Waals surface area contributed by atoms with Crippen molar-refractivity contribution in [2.45, 2.75) is 40.2 Å². The van der Waals surface area contributed by atoms with E-state index >= 15 is 0 Å². The molecule has 0 saturated carbocycles. The fourth-order valence-corrected chi connectivity index (χ4v) is 4.55. The Balaban J connectivity index is 2.81. The zero-order chi connectivity index (χ0) is 16.0. The lowest BCUT2D eigenvalue weighted by atomic mass is 10.00. The van der Waals surface area contributed by atoms with Crippen molar-refractivity contribution < 1.29 is 8.42 Å². The van der Waals surface area contributed by atoms with Gasteiger partial charge in [-0.15, -0.1) is 0 Å². The Morgan fingerprint density at radius 2 is 1.52 bits per heavy atom. The molecule has 1 aromatic rings. The first-order valence-corrected chi connectivity index (χ1v) is 9.52. The van der Waals surface area contributed by atoms with E-state index in [1.54, 1.807) is 0 Å². The van der Waals surface area contributed by atoms with Crippen molar-refractivity contribution in [2.24, 2.45) is 11.8 Å². The lowest BCUT2D eigenvalue weighted by Crippen LogP contribution is -2.27. The second-order valence-corrected chi connectivity index (χ2v) is 8.81. The molecular weight excluding hydrogens is 282 g/mol. The predicted molar refractivity (Wildman–Crippen MR) is 90.3 cm³/mol. The maximum absolute atomic E-state index is 12.2. The molecule has 0 aromatic heterocycles. The molecule has 21 heavy (non-hydrogen) atoms. The first-order valence-electron chi connectivity index (χ1n) is 7.70. The van der Waals surface area contributed by atoms with Crippen LogP contribution in [0.5, 0.6) is 0 Å². The van der Waals surface area contributed by atoms with Crippen LogP contribution in [-0.4, -0.2) is 27.0 Å². The van der Waals surface area contributed by atoms with Crippen LogP contribution in [0.2, 0.25) is 0 Å². The van der Waals surface area contributed by atoms with Crippen molar-refractivity contribution in [1.82, 2.24) is 5.32 Å². The molecule has 0 amide bonds. The van der Waals surface area contributed by atoms with Gasteiger partial charge in [0.05, 0.1) is 11.5 Å². The molecule has 1 unspecified atom stereocenters. The summed E-state index contributed by atoms with van der Waals surface area (Å²) in [6.07, 6.45) is 1.05. The Morgan fingerprint density at radius 3 is 1.95 bits per heavy atom. The van der Waals surface area contributed by atoms with Gasteiger partial charge in [0, 0.05) is 6.04 Å². The van der Waals surface area contributed by atoms with Gasteiger partial charge in [-0.3, -0.25) is 0 Å². The van der Waals surface area contributed by atoms with Crippen molar-refractivity contribution >= 4 is 9.84 Å². The van der Waals surface area contributed by atoms with Crippen LogP contribution in [0.25, 0.3) is 0 Å². The number of benzene rings is 1. The topological polar surface area (TPSA) is 46.2 Å². The molecule has 0 heterocycles. The lowest BCUT2D eigenvalue weighted by Gasteiger charge is -2.18. The van der Waals surface area contributed by atoms with Gasteiger partial charge in [-0.2, -0.15) is 0 Å². The smallest absolute Gasteiger partial charge is 0.152 e. The third kappa shape index (κ3) is 6.62. The van der Waals surface area contributed by atoms with Crippen molar-refractivity contribution in [2.75, 3.05) is 18.6 Å². The summed E-state index contributed by atoms with van der Waals surface area (Å²) >= 11 is 0. The summed E-state index contributed by atoms with van der Waals surface area (Å²) in [4.78, 5) is 0. The lowest BCUT2D eigenvalue weighted by molar-refractivity contribution is 0.563. The summed E-state index contributed by atoms with van der Waals surface area (Å²) in [6.45, 7) is 8.27. The zero-order valence-corrected chi connectivity index (χ0v) is 14.7. The summed E-state index contributed by atoms with van der Waals surface area (Å²) in [5.74, 6) is 1.20. The van der Waals surface area contributed by atoms with Crippen LogP contribution in [-0.2, 0) is 16.3 Å². The third-order valence-electron chi connectivity index (χ3n) is 3.38. The van der Waals surface area contributed by atoms with E-state index in [-0.39, 0.29) is 23.5 Å². The first kappa shape index (κ1) is 18.2. The molecular formula is C17H29NO2S. The van der Waals surface area contributed by atoms with E-state index in [1.807, 2.05) is 33.0 Å². The molecule has 1 rings (SSSR count). The van der Waals surface area contributed by atoms with Crippen molar-refractivity contribution in [3.8, 4) is 0 Å². The van der Waals surface area contributed by atoms with Crippen LogP contribution in [0.4, 0.5) is 0 Å². The monoisotopic (exact) mass is 311 g/mol. The quantitative estimate of drug-likeness (QED) is 0.802. The fourth-order valence-electron chi connectivity index (χ4n) is 2.53. The summed E-state index contributed by atoms with van der Waals surface area (Å²) in [5, 5.41) is 3.13. The summed E-state index contributed by atoms with van der Waals surface area (Å²) in [6, 6.07) is 8.17. The number of hydrogen-bond acceptors (Lipinski definition) is 3. The van der Waals surface area contributed by atoms with Gasteiger partial charge < -0.3 is 5.32 Å². The van der Waals surface area contributed by atoms with Gasteiger partial charge in [-0.25, -0.2) is 8.42 Å². The van der Waals surface area contributed by atoms with Crippen LogP contribution in [0.15, 0.2) is 24.3 Å². The second kappa shape index (κ2) is 7.95. The molecule has 120 valence electrons. The summed E-state index contributed by atoms with van der Waals surface area (Å²) in [5.41, 5.74) is 2.34. The molecule has 0 aliphatic rings. The van der Waals surface area contributed by atoms with Gasteiger partial charge >= 0.3 is 0 Å². The Hall–Kier alpha value is -0.870. The first-order chi connectivity index (χ1) is 9.73. The zero-order valence-electron chi connectivity index (χ0n) is 13.9. The molecule has 0 fully saturated rings. The van der Waals surface area contributed by atoms with Gasteiger partial charge in [0.2, 0.25) is 0 Å². The fraction of sp³-hybridized carbons (Fsp3) is 0.647. The van der Waals surface area contributed by atoms with Gasteiger partial charge in [-0.05, 0) is 36.4 Å². The SMILES string of the molecule is CNC(CS(=O)(=O)CC(C)C)c1ccc(CC(C)C)cc1. The number of nitrogens with one attached hydrogen (secondary N) is 1. The Kier molecular flexibility index (Phi) is 6.88. The summed E-state index contributed by atoms with van der Waals surface area (Å²) < 4.78 is 24.3. The Bertz CT molecular complexity index is 518. The van der Waals surface area contributed by atoms with Crippen molar-refractivity contribution in [1.29, 1.82) is 0 Å². The molecule has 0 aliphatic carbocycles. The standard InChI is InChI=1S/C17H29NO2S/c1-13(2)10-15-6-8-16(9-7-15)17(18-5)12-21(19,20)11-14(3)4/h6-9,13-14,17-18H,10-12H2,1-5H3. The molecule has 0 bridgehead atoms. The maximum Gasteiger partial charge on any atom is 0.152 e. The van der Waals surface area contributed by atoms with E-state index in [2.05, 4.69) is 31.3 Å². The van der Waals surface area contributed by atoms with Crippen LogP contribution in [0.3, 0.4) is 0 Å². The molecule has 0 aliphatic heterocycles. The molecule has 0 radical (unpaired) electrons. The predicted octanol–water partition coefficient (Wildman–Crippen LogP) is 3.22. The van der Waals surface area contributed by atoms with Gasteiger partial charge in [0.25, 0.3) is 0 Å². The second-order valence-electron chi connectivity index (χ2n) is 6.65. The van der Waals surface area contributed by atoms with E-state index in [9.17, 15) is 8.42 Å². The maximum atomic E-state index is 12.2. The van der Waals surface area contributed by atoms with E-state index in [0.717, 1.165) is 12.0 Å². The minimum atomic E-state index is -3.03. The van der Waals surface area contributed by atoms with Crippen LogP contribution in [0, 0.1) is 11.8 Å². The van der Waals surface area contributed by atoms with E-state index in [1.165, 1.54) is 5.56 Å². The average Bonchev–Trinajstić information content (AvgIpc) is 2.35. The van der Waals surface area contributed by atoms with Crippen molar-refractivity contribution in [3.63, 3.8) is 0 Å². The van der Waals surface area contributed by atoms with Gasteiger partial charge in [0.1, 0.15) is 0 Å². The highest BCUT2D eigenvalue weighted by atomic mass is 32.2. The number of sulfone groups is 1. The Morgan fingerprint density at radius 1 is 0.952 bits per heavy atom. The largest absolute Gasteiger partial charge is 0.312 e. The van der Waals surface area contributed by atoms with Gasteiger partial charge in [-0.1, -0.05) is 52.0 Å². The molecule has 3 nitrogen and oxygen atoms in total. The minimum Gasteiger partial charge on any atom is -0.312 e. The molecule has 1 atom stereocenters. The normalized spacial score (nSPS) is 13.9. The molecule has 0 saturated heterocycles. The Labute approximate surface area is 130 Å². The number of hydrogen-bond donors (Lipinski definition) is 1. The highest BCUT2D eigenvalue weighted by Crippen LogP contribution is 2.18. The minimum absolute atomic E-state index is 0.137. The molecule has 0 spiro atoms. The van der Waals surface area contributed by atoms with E-state index < -0.39 is 9.84 Å². The number of rotatable bonds is 8. The van der Waals surface area contributed by atoms with E-state index in [0.29, 0.717) is 5.92 Å². The van der Waals surface area contributed by atoms with Crippen LogP contribution in [0.1, 0.15) is 44.9 Å². The molecule has 1 N–H and O–H groups in total. The highest BCUT2D eigenvalue weighted by Gasteiger charge is 2.20. The van der Waals surface area contributed by atoms with Crippen LogP contribution < -0.4 is 5.32 Å². The average molecular weight is 311 g/mol.